The van der Waals surface area contributed by atoms with Gasteiger partial charge in [-0.25, -0.2) is 0 Å². The van der Waals surface area contributed by atoms with Crippen LogP contribution in [0.25, 0.3) is 0 Å². The molecule has 88 valence electrons. The van der Waals surface area contributed by atoms with Gasteiger partial charge in [0.15, 0.2) is 0 Å². The molecule has 0 aliphatic heterocycles. The van der Waals surface area contributed by atoms with E-state index in [-0.39, 0.29) is 0 Å². The lowest BCUT2D eigenvalue weighted by Crippen LogP contribution is -1.85. The zero-order chi connectivity index (χ0) is 11.7. The van der Waals surface area contributed by atoms with Gasteiger partial charge in [-0.15, -0.1) is 11.8 Å². The molecule has 1 aromatic carbocycles. The second kappa shape index (κ2) is 4.66. The van der Waals surface area contributed by atoms with Gasteiger partial charge in [-0.05, 0) is 43.4 Å². The second-order valence-electron chi connectivity index (χ2n) is 3.97. The lowest BCUT2D eigenvalue weighted by atomic mass is 10.3. The molecule has 0 bridgehead atoms. The number of aromatic nitrogens is 2. The molecule has 2 aromatic rings. The number of thioether (sulfide) groups is 1. The number of hydrogen-bond acceptors (Lipinski definition) is 5. The summed E-state index contributed by atoms with van der Waals surface area (Å²) in [6, 6.07) is 8.01. The first-order valence-corrected chi connectivity index (χ1v) is 7.50. The van der Waals surface area contributed by atoms with Crippen molar-refractivity contribution in [2.24, 2.45) is 0 Å². The Morgan fingerprint density at radius 3 is 2.71 bits per heavy atom. The molecule has 1 aliphatic carbocycles. The first kappa shape index (κ1) is 11.0. The van der Waals surface area contributed by atoms with E-state index in [1.807, 2.05) is 24.3 Å². The Morgan fingerprint density at radius 2 is 2.06 bits per heavy atom. The Bertz CT molecular complexity index is 505. The molecule has 1 aromatic heterocycles. The van der Waals surface area contributed by atoms with E-state index < -0.39 is 0 Å². The molecule has 17 heavy (non-hydrogen) atoms. The normalized spacial score (nSPS) is 14.9. The van der Waals surface area contributed by atoms with Crippen molar-refractivity contribution >= 4 is 23.3 Å². The van der Waals surface area contributed by atoms with Gasteiger partial charge in [0.1, 0.15) is 11.6 Å². The van der Waals surface area contributed by atoms with E-state index in [0.717, 1.165) is 11.6 Å². The average Bonchev–Trinajstić information content (AvgIpc) is 3.12. The van der Waals surface area contributed by atoms with Crippen molar-refractivity contribution < 1.29 is 4.74 Å². The van der Waals surface area contributed by atoms with Crippen molar-refractivity contribution in [2.45, 2.75) is 23.7 Å². The minimum atomic E-state index is 0.586. The molecule has 3 rings (SSSR count). The van der Waals surface area contributed by atoms with E-state index in [0.29, 0.717) is 11.1 Å². The van der Waals surface area contributed by atoms with Crippen LogP contribution >= 0.6 is 23.3 Å². The summed E-state index contributed by atoms with van der Waals surface area (Å²) in [5.41, 5.74) is 0. The maximum atomic E-state index is 5.67. The number of ether oxygens (including phenoxy) is 1. The van der Waals surface area contributed by atoms with Gasteiger partial charge in [-0.1, -0.05) is 0 Å². The van der Waals surface area contributed by atoms with Crippen LogP contribution in [0, 0.1) is 0 Å². The predicted molar refractivity (Wildman–Crippen MR) is 70.2 cm³/mol. The van der Waals surface area contributed by atoms with Crippen molar-refractivity contribution in [2.75, 3.05) is 6.26 Å². The summed E-state index contributed by atoms with van der Waals surface area (Å²) in [5, 5.41) is 0.642. The van der Waals surface area contributed by atoms with Crippen LogP contribution in [0.2, 0.25) is 0 Å². The molecule has 1 aliphatic rings. The predicted octanol–water partition coefficient (Wildman–Crippen LogP) is 3.93. The molecule has 1 heterocycles. The molecule has 0 unspecified atom stereocenters. The third-order valence-corrected chi connectivity index (χ3v) is 3.98. The third kappa shape index (κ3) is 2.61. The molecule has 0 saturated heterocycles. The lowest BCUT2D eigenvalue weighted by molar-refractivity contribution is 0.476. The molecule has 3 nitrogen and oxygen atoms in total. The summed E-state index contributed by atoms with van der Waals surface area (Å²) < 4.78 is 9.98. The van der Waals surface area contributed by atoms with Gasteiger partial charge in [0, 0.05) is 22.3 Å². The molecule has 1 fully saturated rings. The molecule has 1 saturated carbocycles. The summed E-state index contributed by atoms with van der Waals surface area (Å²) in [5.74, 6) is 2.36. The van der Waals surface area contributed by atoms with Crippen LogP contribution in [0.1, 0.15) is 24.6 Å². The standard InChI is InChI=1S/C12H12N2OS2/c1-16-10-6-4-9(5-7-10)15-12-13-11(14-17-12)8-2-3-8/h4-8H,2-3H2,1H3. The van der Waals surface area contributed by atoms with E-state index in [1.165, 1.54) is 29.3 Å². The Kier molecular flexibility index (Phi) is 3.03. The maximum Gasteiger partial charge on any atom is 0.298 e. The zero-order valence-electron chi connectivity index (χ0n) is 9.42. The summed E-state index contributed by atoms with van der Waals surface area (Å²) in [6.07, 6.45) is 4.50. The monoisotopic (exact) mass is 264 g/mol. The van der Waals surface area contributed by atoms with Gasteiger partial charge < -0.3 is 4.74 Å². The van der Waals surface area contributed by atoms with E-state index >= 15 is 0 Å². The maximum absolute atomic E-state index is 5.67. The van der Waals surface area contributed by atoms with Crippen LogP contribution in [0.15, 0.2) is 29.2 Å². The molecule has 0 radical (unpaired) electrons. The molecule has 5 heteroatoms. The van der Waals surface area contributed by atoms with Crippen LogP contribution in [0.5, 0.6) is 10.9 Å². The number of benzene rings is 1. The Labute approximate surface area is 108 Å². The molecule has 0 spiro atoms. The summed E-state index contributed by atoms with van der Waals surface area (Å²) in [4.78, 5) is 5.62. The highest BCUT2D eigenvalue weighted by molar-refractivity contribution is 7.98. The van der Waals surface area contributed by atoms with Gasteiger partial charge in [0.2, 0.25) is 0 Å². The zero-order valence-corrected chi connectivity index (χ0v) is 11.1. The fourth-order valence-electron chi connectivity index (χ4n) is 1.51. The SMILES string of the molecule is CSc1ccc(Oc2nc(C3CC3)ns2)cc1. The average molecular weight is 264 g/mol. The van der Waals surface area contributed by atoms with Crippen molar-refractivity contribution in [3.63, 3.8) is 0 Å². The molecular formula is C12H12N2OS2. The van der Waals surface area contributed by atoms with Gasteiger partial charge in [0.25, 0.3) is 5.19 Å². The largest absolute Gasteiger partial charge is 0.430 e. The highest BCUT2D eigenvalue weighted by Gasteiger charge is 2.28. The first-order valence-electron chi connectivity index (χ1n) is 5.50. The first-order chi connectivity index (χ1) is 8.35. The second-order valence-corrected chi connectivity index (χ2v) is 5.56. The molecule has 0 amide bonds. The summed E-state index contributed by atoms with van der Waals surface area (Å²) in [6.45, 7) is 0. The Morgan fingerprint density at radius 1 is 1.29 bits per heavy atom. The minimum Gasteiger partial charge on any atom is -0.430 e. The fraction of sp³-hybridized carbons (Fsp3) is 0.333. The summed E-state index contributed by atoms with van der Waals surface area (Å²) >= 11 is 3.05. The van der Waals surface area contributed by atoms with Gasteiger partial charge in [-0.3, -0.25) is 0 Å². The Hall–Kier alpha value is -1.07. The van der Waals surface area contributed by atoms with E-state index in [2.05, 4.69) is 15.6 Å². The van der Waals surface area contributed by atoms with Crippen LogP contribution < -0.4 is 4.74 Å². The minimum absolute atomic E-state index is 0.586. The molecule has 0 N–H and O–H groups in total. The topological polar surface area (TPSA) is 35.0 Å². The quantitative estimate of drug-likeness (QED) is 0.784. The van der Waals surface area contributed by atoms with Crippen molar-refractivity contribution in [3.05, 3.63) is 30.1 Å². The lowest BCUT2D eigenvalue weighted by Gasteiger charge is -2.01. The van der Waals surface area contributed by atoms with Crippen molar-refractivity contribution in [1.29, 1.82) is 0 Å². The number of hydrogen-bond donors (Lipinski definition) is 0. The highest BCUT2D eigenvalue weighted by Crippen LogP contribution is 2.40. The van der Waals surface area contributed by atoms with Crippen molar-refractivity contribution in [3.8, 4) is 10.9 Å². The van der Waals surface area contributed by atoms with Gasteiger partial charge in [0.05, 0.1) is 0 Å². The van der Waals surface area contributed by atoms with Gasteiger partial charge >= 0.3 is 0 Å². The summed E-state index contributed by atoms with van der Waals surface area (Å²) in [7, 11) is 0. The van der Waals surface area contributed by atoms with E-state index in [1.54, 1.807) is 11.8 Å². The van der Waals surface area contributed by atoms with Crippen LogP contribution in [-0.4, -0.2) is 15.6 Å². The van der Waals surface area contributed by atoms with Crippen LogP contribution in [0.3, 0.4) is 0 Å². The van der Waals surface area contributed by atoms with Crippen molar-refractivity contribution in [1.82, 2.24) is 9.36 Å². The fourth-order valence-corrected chi connectivity index (χ4v) is 2.55. The third-order valence-electron chi connectivity index (χ3n) is 2.63. The van der Waals surface area contributed by atoms with Gasteiger partial charge in [-0.2, -0.15) is 9.36 Å². The smallest absolute Gasteiger partial charge is 0.298 e. The molecular weight excluding hydrogens is 252 g/mol. The Balaban J connectivity index is 1.71. The number of rotatable bonds is 4. The highest BCUT2D eigenvalue weighted by atomic mass is 32.2. The number of nitrogens with zero attached hydrogens (tertiary/aromatic N) is 2. The van der Waals surface area contributed by atoms with E-state index in [9.17, 15) is 0 Å². The van der Waals surface area contributed by atoms with Crippen LogP contribution in [0.4, 0.5) is 0 Å². The van der Waals surface area contributed by atoms with Crippen LogP contribution in [-0.2, 0) is 0 Å². The van der Waals surface area contributed by atoms with E-state index in [4.69, 9.17) is 4.74 Å². The molecule has 0 atom stereocenters.